The summed E-state index contributed by atoms with van der Waals surface area (Å²) in [6, 6.07) is 2.51. The standard InChI is InChI=1S/C16H26N4O/c1-19-9-3-2-4-14(19)12-16(21)20-10-6-13(7-11-20)15-5-8-17-18-15/h5,8,13-14H,2-4,6-7,9-12H2,1H3,(H,17,18)/t14-/m0/s1. The van der Waals surface area contributed by atoms with Crippen LogP contribution in [-0.2, 0) is 4.79 Å². The van der Waals surface area contributed by atoms with Crippen molar-refractivity contribution < 1.29 is 4.79 Å². The van der Waals surface area contributed by atoms with E-state index in [2.05, 4.69) is 33.1 Å². The minimum Gasteiger partial charge on any atom is -0.343 e. The maximum Gasteiger partial charge on any atom is 0.224 e. The van der Waals surface area contributed by atoms with Gasteiger partial charge in [0.15, 0.2) is 0 Å². The van der Waals surface area contributed by atoms with E-state index in [9.17, 15) is 4.79 Å². The van der Waals surface area contributed by atoms with Crippen molar-refractivity contribution >= 4 is 5.91 Å². The van der Waals surface area contributed by atoms with Crippen LogP contribution in [0, 0.1) is 0 Å². The van der Waals surface area contributed by atoms with Gasteiger partial charge in [0.1, 0.15) is 0 Å². The Labute approximate surface area is 126 Å². The molecule has 0 aromatic carbocycles. The molecule has 1 atom stereocenters. The molecule has 0 bridgehead atoms. The van der Waals surface area contributed by atoms with Gasteiger partial charge in [0, 0.05) is 43.4 Å². The maximum atomic E-state index is 12.5. The largest absolute Gasteiger partial charge is 0.343 e. The predicted octanol–water partition coefficient (Wildman–Crippen LogP) is 1.99. The van der Waals surface area contributed by atoms with Crippen LogP contribution in [0.2, 0.25) is 0 Å². The topological polar surface area (TPSA) is 52.2 Å². The molecule has 21 heavy (non-hydrogen) atoms. The molecule has 1 N–H and O–H groups in total. The number of likely N-dealkylation sites (tertiary alicyclic amines) is 2. The number of carbonyl (C=O) groups is 1. The van der Waals surface area contributed by atoms with E-state index in [1.165, 1.54) is 25.0 Å². The van der Waals surface area contributed by atoms with E-state index in [1.807, 2.05) is 6.20 Å². The summed E-state index contributed by atoms with van der Waals surface area (Å²) in [7, 11) is 2.15. The second kappa shape index (κ2) is 6.60. The van der Waals surface area contributed by atoms with Crippen molar-refractivity contribution in [2.75, 3.05) is 26.7 Å². The third-order valence-corrected chi connectivity index (χ3v) is 5.14. The molecule has 2 fully saturated rings. The summed E-state index contributed by atoms with van der Waals surface area (Å²) >= 11 is 0. The lowest BCUT2D eigenvalue weighted by Gasteiger charge is -2.36. The number of H-pyrrole nitrogens is 1. The van der Waals surface area contributed by atoms with Crippen molar-refractivity contribution in [2.24, 2.45) is 0 Å². The van der Waals surface area contributed by atoms with Gasteiger partial charge in [-0.2, -0.15) is 5.10 Å². The molecule has 0 spiro atoms. The number of hydrogen-bond donors (Lipinski definition) is 1. The van der Waals surface area contributed by atoms with Gasteiger partial charge >= 0.3 is 0 Å². The Balaban J connectivity index is 1.48. The fraction of sp³-hybridized carbons (Fsp3) is 0.750. The first-order valence-corrected chi connectivity index (χ1v) is 8.21. The predicted molar refractivity (Wildman–Crippen MR) is 82.0 cm³/mol. The Hall–Kier alpha value is -1.36. The first-order valence-electron chi connectivity index (χ1n) is 8.21. The van der Waals surface area contributed by atoms with E-state index >= 15 is 0 Å². The summed E-state index contributed by atoms with van der Waals surface area (Å²) in [6.07, 6.45) is 8.33. The quantitative estimate of drug-likeness (QED) is 0.926. The Bertz CT molecular complexity index is 451. The van der Waals surface area contributed by atoms with Crippen LogP contribution in [0.25, 0.3) is 0 Å². The Kier molecular flexibility index (Phi) is 4.58. The van der Waals surface area contributed by atoms with Crippen LogP contribution in [0.3, 0.4) is 0 Å². The SMILES string of the molecule is CN1CCCC[C@H]1CC(=O)N1CCC(c2ccn[nH]2)CC1. The fourth-order valence-electron chi connectivity index (χ4n) is 3.67. The zero-order chi connectivity index (χ0) is 14.7. The molecule has 3 rings (SSSR count). The Morgan fingerprint density at radius 3 is 2.76 bits per heavy atom. The number of amides is 1. The van der Waals surface area contributed by atoms with Gasteiger partial charge in [-0.25, -0.2) is 0 Å². The van der Waals surface area contributed by atoms with Gasteiger partial charge in [-0.1, -0.05) is 6.42 Å². The lowest BCUT2D eigenvalue weighted by Crippen LogP contribution is -2.43. The average Bonchev–Trinajstić information content (AvgIpc) is 3.04. The van der Waals surface area contributed by atoms with Gasteiger partial charge < -0.3 is 9.80 Å². The fourth-order valence-corrected chi connectivity index (χ4v) is 3.67. The maximum absolute atomic E-state index is 12.5. The van der Waals surface area contributed by atoms with Gasteiger partial charge in [-0.05, 0) is 45.3 Å². The second-order valence-corrected chi connectivity index (χ2v) is 6.50. The van der Waals surface area contributed by atoms with Crippen LogP contribution in [0.1, 0.15) is 50.1 Å². The molecule has 0 unspecified atom stereocenters. The molecule has 0 radical (unpaired) electrons. The van der Waals surface area contributed by atoms with Crippen molar-refractivity contribution in [1.82, 2.24) is 20.0 Å². The molecule has 1 aromatic rings. The van der Waals surface area contributed by atoms with E-state index in [1.54, 1.807) is 0 Å². The van der Waals surface area contributed by atoms with Crippen LogP contribution in [0.4, 0.5) is 0 Å². The highest BCUT2D eigenvalue weighted by atomic mass is 16.2. The summed E-state index contributed by atoms with van der Waals surface area (Å²) in [5.74, 6) is 0.880. The van der Waals surface area contributed by atoms with E-state index in [-0.39, 0.29) is 0 Å². The van der Waals surface area contributed by atoms with Crippen LogP contribution in [0.5, 0.6) is 0 Å². The summed E-state index contributed by atoms with van der Waals surface area (Å²) in [5.41, 5.74) is 1.22. The van der Waals surface area contributed by atoms with Gasteiger partial charge in [0.2, 0.25) is 5.91 Å². The highest BCUT2D eigenvalue weighted by molar-refractivity contribution is 5.77. The zero-order valence-corrected chi connectivity index (χ0v) is 12.9. The van der Waals surface area contributed by atoms with Crippen LogP contribution in [0.15, 0.2) is 12.3 Å². The molecular formula is C16H26N4O. The number of hydrogen-bond acceptors (Lipinski definition) is 3. The Morgan fingerprint density at radius 2 is 2.10 bits per heavy atom. The molecule has 116 valence electrons. The molecule has 1 aromatic heterocycles. The molecule has 5 heteroatoms. The first kappa shape index (κ1) is 14.6. The van der Waals surface area contributed by atoms with E-state index in [4.69, 9.17) is 0 Å². The normalized spacial score (nSPS) is 25.2. The summed E-state index contributed by atoms with van der Waals surface area (Å²) < 4.78 is 0. The molecule has 1 amide bonds. The number of rotatable bonds is 3. The Morgan fingerprint density at radius 1 is 1.29 bits per heavy atom. The van der Waals surface area contributed by atoms with Gasteiger partial charge in [0.25, 0.3) is 0 Å². The number of aromatic amines is 1. The van der Waals surface area contributed by atoms with Crippen molar-refractivity contribution in [3.63, 3.8) is 0 Å². The highest BCUT2D eigenvalue weighted by Crippen LogP contribution is 2.27. The van der Waals surface area contributed by atoms with Gasteiger partial charge in [0.05, 0.1) is 0 Å². The third kappa shape index (κ3) is 3.46. The van der Waals surface area contributed by atoms with Crippen LogP contribution >= 0.6 is 0 Å². The van der Waals surface area contributed by atoms with Crippen molar-refractivity contribution in [1.29, 1.82) is 0 Å². The minimum absolute atomic E-state index is 0.344. The molecular weight excluding hydrogens is 264 g/mol. The molecule has 3 heterocycles. The lowest BCUT2D eigenvalue weighted by atomic mass is 9.93. The second-order valence-electron chi connectivity index (χ2n) is 6.50. The number of nitrogens with zero attached hydrogens (tertiary/aromatic N) is 3. The molecule has 0 aliphatic carbocycles. The summed E-state index contributed by atoms with van der Waals surface area (Å²) in [5, 5.41) is 7.09. The number of nitrogens with one attached hydrogen (secondary N) is 1. The van der Waals surface area contributed by atoms with E-state index in [0.29, 0.717) is 24.3 Å². The number of carbonyl (C=O) groups excluding carboxylic acids is 1. The van der Waals surface area contributed by atoms with Crippen molar-refractivity contribution in [3.8, 4) is 0 Å². The first-order chi connectivity index (χ1) is 10.2. The summed E-state index contributed by atoms with van der Waals surface area (Å²) in [4.78, 5) is 16.9. The van der Waals surface area contributed by atoms with Crippen molar-refractivity contribution in [3.05, 3.63) is 18.0 Å². The van der Waals surface area contributed by atoms with Crippen molar-refractivity contribution in [2.45, 2.75) is 50.5 Å². The molecule has 2 aliphatic rings. The van der Waals surface area contributed by atoms with E-state index < -0.39 is 0 Å². The average molecular weight is 290 g/mol. The third-order valence-electron chi connectivity index (χ3n) is 5.14. The smallest absolute Gasteiger partial charge is 0.224 e. The molecule has 5 nitrogen and oxygen atoms in total. The minimum atomic E-state index is 0.344. The molecule has 0 saturated carbocycles. The summed E-state index contributed by atoms with van der Waals surface area (Å²) in [6.45, 7) is 2.91. The van der Waals surface area contributed by atoms with Crippen LogP contribution in [-0.4, -0.2) is 58.6 Å². The molecule has 2 saturated heterocycles. The zero-order valence-electron chi connectivity index (χ0n) is 12.9. The number of aromatic nitrogens is 2. The monoisotopic (exact) mass is 290 g/mol. The van der Waals surface area contributed by atoms with Gasteiger partial charge in [-0.3, -0.25) is 9.89 Å². The van der Waals surface area contributed by atoms with Crippen LogP contribution < -0.4 is 0 Å². The highest BCUT2D eigenvalue weighted by Gasteiger charge is 2.28. The van der Waals surface area contributed by atoms with E-state index in [0.717, 1.165) is 32.5 Å². The van der Waals surface area contributed by atoms with Gasteiger partial charge in [-0.15, -0.1) is 0 Å². The lowest BCUT2D eigenvalue weighted by molar-refractivity contribution is -0.133. The number of piperidine rings is 2. The molecule has 2 aliphatic heterocycles.